The van der Waals surface area contributed by atoms with E-state index in [2.05, 4.69) is 44.5 Å². The van der Waals surface area contributed by atoms with Crippen LogP contribution in [-0.4, -0.2) is 64.8 Å². The van der Waals surface area contributed by atoms with Gasteiger partial charge in [0.15, 0.2) is 5.69 Å². The molecule has 1 fully saturated rings. The van der Waals surface area contributed by atoms with Crippen molar-refractivity contribution in [1.29, 1.82) is 0 Å². The van der Waals surface area contributed by atoms with Crippen LogP contribution >= 0.6 is 0 Å². The van der Waals surface area contributed by atoms with Crippen molar-refractivity contribution in [2.75, 3.05) is 39.3 Å². The van der Waals surface area contributed by atoms with E-state index < -0.39 is 0 Å². The van der Waals surface area contributed by atoms with Gasteiger partial charge in [0, 0.05) is 51.2 Å². The minimum absolute atomic E-state index is 0.120. The Hall–Kier alpha value is -3.03. The Labute approximate surface area is 188 Å². The van der Waals surface area contributed by atoms with E-state index in [1.54, 1.807) is 12.1 Å². The molecule has 0 saturated carbocycles. The molecule has 0 radical (unpaired) electrons. The number of hydrogen-bond acceptors (Lipinski definition) is 5. The number of rotatable bonds is 7. The lowest BCUT2D eigenvalue weighted by atomic mass is 10.1. The predicted octanol–water partition coefficient (Wildman–Crippen LogP) is 2.53. The molecule has 2 heterocycles. The number of hydrogen-bond donors (Lipinski definition) is 1. The number of carbonyl (C=O) groups excluding carboxylic acids is 1. The predicted molar refractivity (Wildman–Crippen MR) is 127 cm³/mol. The van der Waals surface area contributed by atoms with Crippen LogP contribution in [0.3, 0.4) is 0 Å². The average Bonchev–Trinajstić information content (AvgIpc) is 2.81. The molecule has 0 atom stereocenters. The molecule has 2 aromatic carbocycles. The van der Waals surface area contributed by atoms with Crippen molar-refractivity contribution in [1.82, 2.24) is 24.9 Å². The van der Waals surface area contributed by atoms with Gasteiger partial charge in [0.05, 0.1) is 11.4 Å². The van der Waals surface area contributed by atoms with E-state index in [4.69, 9.17) is 0 Å². The van der Waals surface area contributed by atoms with E-state index in [-0.39, 0.29) is 17.5 Å². The van der Waals surface area contributed by atoms with Gasteiger partial charge in [-0.05, 0) is 25.5 Å². The molecule has 3 aromatic rings. The fraction of sp³-hybridized carbons (Fsp3) is 0.400. The van der Waals surface area contributed by atoms with Gasteiger partial charge in [-0.1, -0.05) is 48.5 Å². The van der Waals surface area contributed by atoms with E-state index in [0.29, 0.717) is 23.0 Å². The Bertz CT molecular complexity index is 1120. The van der Waals surface area contributed by atoms with Crippen LogP contribution in [0.5, 0.6) is 0 Å². The molecule has 1 aliphatic rings. The first-order valence-electron chi connectivity index (χ1n) is 11.3. The Morgan fingerprint density at radius 1 is 0.938 bits per heavy atom. The average molecular weight is 434 g/mol. The summed E-state index contributed by atoms with van der Waals surface area (Å²) in [4.78, 5) is 30.4. The molecule has 0 spiro atoms. The second-order valence-corrected chi connectivity index (χ2v) is 8.60. The molecule has 0 unspecified atom stereocenters. The Kier molecular flexibility index (Phi) is 6.97. The van der Waals surface area contributed by atoms with Gasteiger partial charge in [-0.2, -0.15) is 5.10 Å². The number of nitrogens with one attached hydrogen (secondary N) is 1. The maximum atomic E-state index is 12.9. The first-order valence-corrected chi connectivity index (χ1v) is 11.3. The Morgan fingerprint density at radius 2 is 1.56 bits per heavy atom. The Balaban J connectivity index is 1.33. The summed E-state index contributed by atoms with van der Waals surface area (Å²) in [6, 6.07) is 17.6. The lowest BCUT2D eigenvalue weighted by molar-refractivity contribution is 0.0928. The molecule has 168 valence electrons. The highest BCUT2D eigenvalue weighted by molar-refractivity contribution is 6.04. The number of piperazine rings is 1. The smallest absolute Gasteiger partial charge is 0.274 e. The van der Waals surface area contributed by atoms with Crippen LogP contribution < -0.4 is 10.9 Å². The summed E-state index contributed by atoms with van der Waals surface area (Å²) >= 11 is 0. The SMILES string of the molecule is CC(C)n1nc(C(=O)NCCN2CCN(Cc3ccccc3)CC2)c2ccccc2c1=O. The van der Waals surface area contributed by atoms with Crippen molar-refractivity contribution in [3.8, 4) is 0 Å². The molecule has 1 amide bonds. The summed E-state index contributed by atoms with van der Waals surface area (Å²) in [7, 11) is 0. The topological polar surface area (TPSA) is 70.5 Å². The highest BCUT2D eigenvalue weighted by atomic mass is 16.2. The number of nitrogens with zero attached hydrogens (tertiary/aromatic N) is 4. The van der Waals surface area contributed by atoms with Gasteiger partial charge < -0.3 is 5.32 Å². The van der Waals surface area contributed by atoms with E-state index in [1.165, 1.54) is 10.2 Å². The van der Waals surface area contributed by atoms with Crippen LogP contribution in [0.4, 0.5) is 0 Å². The van der Waals surface area contributed by atoms with Crippen LogP contribution in [0.25, 0.3) is 10.8 Å². The third-order valence-electron chi connectivity index (χ3n) is 5.96. The standard InChI is InChI=1S/C25H31N5O2/c1-19(2)30-25(32)22-11-7-6-10-21(22)23(27-30)24(31)26-12-13-28-14-16-29(17-15-28)18-20-8-4-3-5-9-20/h3-11,19H,12-18H2,1-2H3,(H,26,31). The van der Waals surface area contributed by atoms with Gasteiger partial charge in [-0.25, -0.2) is 4.68 Å². The summed E-state index contributed by atoms with van der Waals surface area (Å²) in [5.41, 5.74) is 1.48. The van der Waals surface area contributed by atoms with Crippen LogP contribution in [-0.2, 0) is 6.54 Å². The van der Waals surface area contributed by atoms with Crippen LogP contribution in [0, 0.1) is 0 Å². The van der Waals surface area contributed by atoms with Crippen molar-refractivity contribution in [2.45, 2.75) is 26.4 Å². The molecular weight excluding hydrogens is 402 g/mol. The normalized spacial score (nSPS) is 15.3. The Morgan fingerprint density at radius 3 is 2.25 bits per heavy atom. The van der Waals surface area contributed by atoms with Gasteiger partial charge in [0.2, 0.25) is 0 Å². The number of amides is 1. The lowest BCUT2D eigenvalue weighted by Gasteiger charge is -2.34. The minimum Gasteiger partial charge on any atom is -0.349 e. The minimum atomic E-state index is -0.238. The molecule has 0 bridgehead atoms. The second kappa shape index (κ2) is 10.1. The van der Waals surface area contributed by atoms with Crippen molar-refractivity contribution >= 4 is 16.7 Å². The van der Waals surface area contributed by atoms with Crippen molar-refractivity contribution in [3.05, 3.63) is 76.2 Å². The zero-order valence-electron chi connectivity index (χ0n) is 18.8. The molecule has 1 aliphatic heterocycles. The highest BCUT2D eigenvalue weighted by Gasteiger charge is 2.19. The van der Waals surface area contributed by atoms with Gasteiger partial charge in [-0.3, -0.25) is 19.4 Å². The summed E-state index contributed by atoms with van der Waals surface area (Å²) in [5, 5.41) is 8.51. The molecule has 1 N–H and O–H groups in total. The summed E-state index contributed by atoms with van der Waals surface area (Å²) in [5.74, 6) is -0.238. The first kappa shape index (κ1) is 22.2. The summed E-state index contributed by atoms with van der Waals surface area (Å²) in [6.07, 6.45) is 0. The van der Waals surface area contributed by atoms with Crippen molar-refractivity contribution in [3.63, 3.8) is 0 Å². The van der Waals surface area contributed by atoms with E-state index in [1.807, 2.05) is 32.0 Å². The third-order valence-corrected chi connectivity index (χ3v) is 5.96. The molecule has 7 heteroatoms. The van der Waals surface area contributed by atoms with Gasteiger partial charge in [0.1, 0.15) is 0 Å². The molecule has 32 heavy (non-hydrogen) atoms. The van der Waals surface area contributed by atoms with Crippen LogP contribution in [0.1, 0.15) is 35.9 Å². The highest BCUT2D eigenvalue weighted by Crippen LogP contribution is 2.15. The maximum absolute atomic E-state index is 12.9. The fourth-order valence-corrected chi connectivity index (χ4v) is 4.15. The summed E-state index contributed by atoms with van der Waals surface area (Å²) in [6.45, 7) is 10.1. The van der Waals surface area contributed by atoms with Crippen LogP contribution in [0.15, 0.2) is 59.4 Å². The number of fused-ring (bicyclic) bond motifs is 1. The zero-order chi connectivity index (χ0) is 22.5. The maximum Gasteiger partial charge on any atom is 0.274 e. The number of carbonyl (C=O) groups is 1. The molecular formula is C25H31N5O2. The van der Waals surface area contributed by atoms with Crippen LogP contribution in [0.2, 0.25) is 0 Å². The molecule has 1 aromatic heterocycles. The first-order chi connectivity index (χ1) is 15.5. The summed E-state index contributed by atoms with van der Waals surface area (Å²) < 4.78 is 1.39. The van der Waals surface area contributed by atoms with Crippen molar-refractivity contribution < 1.29 is 4.79 Å². The van der Waals surface area contributed by atoms with E-state index in [0.717, 1.165) is 39.3 Å². The van der Waals surface area contributed by atoms with E-state index >= 15 is 0 Å². The number of benzene rings is 2. The van der Waals surface area contributed by atoms with Gasteiger partial charge in [-0.15, -0.1) is 0 Å². The molecule has 0 aliphatic carbocycles. The molecule has 4 rings (SSSR count). The van der Waals surface area contributed by atoms with Crippen molar-refractivity contribution in [2.24, 2.45) is 0 Å². The number of aromatic nitrogens is 2. The monoisotopic (exact) mass is 433 g/mol. The largest absolute Gasteiger partial charge is 0.349 e. The molecule has 1 saturated heterocycles. The zero-order valence-corrected chi connectivity index (χ0v) is 18.8. The second-order valence-electron chi connectivity index (χ2n) is 8.60. The van der Waals surface area contributed by atoms with Gasteiger partial charge in [0.25, 0.3) is 11.5 Å². The molecule has 7 nitrogen and oxygen atoms in total. The van der Waals surface area contributed by atoms with E-state index in [9.17, 15) is 9.59 Å². The fourth-order valence-electron chi connectivity index (χ4n) is 4.15. The lowest BCUT2D eigenvalue weighted by Crippen LogP contribution is -2.48. The van der Waals surface area contributed by atoms with Gasteiger partial charge >= 0.3 is 0 Å². The quantitative estimate of drug-likeness (QED) is 0.620. The third kappa shape index (κ3) is 5.06.